The SMILES string of the molecule is N#CC1(NS(=O)(=O)c2ccc3c4c(N5CCC6(CC5)COC6)ncnc4n(-c4nnc(C(F)F)s4)c3c2)CC1. The standard InChI is InChI=1S/C24H22F2N8O3S2/c25-18(26)21-30-31-22(38-21)34-16-9-14(39(35,36)32-24(10-27)3-4-24)1-2-15(16)17-19(28-13-29-20(17)34)33-7-5-23(6-8-33)11-37-12-23/h1-2,9,13,18,32H,3-8,11-12H2. The Morgan fingerprint density at radius 3 is 2.51 bits per heavy atom. The molecule has 2 saturated heterocycles. The van der Waals surface area contributed by atoms with Crippen LogP contribution in [-0.4, -0.2) is 65.0 Å². The van der Waals surface area contributed by atoms with Gasteiger partial charge in [0.25, 0.3) is 6.43 Å². The van der Waals surface area contributed by atoms with Crippen LogP contribution in [-0.2, 0) is 14.8 Å². The average Bonchev–Trinajstić information content (AvgIpc) is 3.35. The first-order valence-corrected chi connectivity index (χ1v) is 14.7. The normalized spacial score (nSPS) is 20.0. The first kappa shape index (κ1) is 24.7. The molecule has 1 aromatic carbocycles. The molecule has 2 aliphatic heterocycles. The molecule has 11 nitrogen and oxygen atoms in total. The van der Waals surface area contributed by atoms with Crippen LogP contribution in [0, 0.1) is 16.7 Å². The molecule has 0 radical (unpaired) electrons. The first-order valence-electron chi connectivity index (χ1n) is 12.4. The van der Waals surface area contributed by atoms with Crippen LogP contribution in [0.5, 0.6) is 0 Å². The number of halogens is 2. The molecule has 0 atom stereocenters. The molecule has 1 spiro atoms. The number of hydrogen-bond donors (Lipinski definition) is 1. The van der Waals surface area contributed by atoms with E-state index >= 15 is 0 Å². The van der Waals surface area contributed by atoms with Gasteiger partial charge in [0, 0.05) is 23.9 Å². The molecule has 39 heavy (non-hydrogen) atoms. The minimum absolute atomic E-state index is 0.0569. The quantitative estimate of drug-likeness (QED) is 0.369. The fourth-order valence-corrected chi connectivity index (χ4v) is 7.47. The smallest absolute Gasteiger partial charge is 0.291 e. The minimum Gasteiger partial charge on any atom is -0.380 e. The van der Waals surface area contributed by atoms with Gasteiger partial charge in [0.1, 0.15) is 17.7 Å². The third-order valence-electron chi connectivity index (χ3n) is 7.85. The van der Waals surface area contributed by atoms with Crippen molar-refractivity contribution in [3.05, 3.63) is 29.5 Å². The van der Waals surface area contributed by atoms with E-state index in [0.717, 1.165) is 39.1 Å². The third-order valence-corrected chi connectivity index (χ3v) is 10.3. The van der Waals surface area contributed by atoms with Gasteiger partial charge in [-0.2, -0.15) is 9.98 Å². The highest BCUT2D eigenvalue weighted by atomic mass is 32.2. The van der Waals surface area contributed by atoms with Crippen LogP contribution < -0.4 is 9.62 Å². The average molecular weight is 573 g/mol. The number of alkyl halides is 2. The second kappa shape index (κ2) is 8.59. The zero-order valence-electron chi connectivity index (χ0n) is 20.5. The van der Waals surface area contributed by atoms with Gasteiger partial charge in [-0.25, -0.2) is 27.2 Å². The molecule has 1 N–H and O–H groups in total. The monoisotopic (exact) mass is 572 g/mol. The summed E-state index contributed by atoms with van der Waals surface area (Å²) in [5.41, 5.74) is -0.0542. The molecule has 5 heterocycles. The predicted octanol–water partition coefficient (Wildman–Crippen LogP) is 3.31. The maximum absolute atomic E-state index is 13.4. The number of fused-ring (bicyclic) bond motifs is 3. The van der Waals surface area contributed by atoms with Crippen molar-refractivity contribution in [3.63, 3.8) is 0 Å². The second-order valence-corrected chi connectivity index (χ2v) is 13.1. The molecule has 3 aromatic heterocycles. The van der Waals surface area contributed by atoms with Crippen molar-refractivity contribution >= 4 is 49.1 Å². The van der Waals surface area contributed by atoms with Gasteiger partial charge in [0.05, 0.1) is 35.1 Å². The molecule has 1 aliphatic carbocycles. The number of nitriles is 1. The van der Waals surface area contributed by atoms with E-state index in [1.54, 1.807) is 10.6 Å². The summed E-state index contributed by atoms with van der Waals surface area (Å²) in [6.45, 7) is 3.06. The zero-order valence-corrected chi connectivity index (χ0v) is 22.1. The molecule has 3 fully saturated rings. The highest BCUT2D eigenvalue weighted by molar-refractivity contribution is 7.89. The highest BCUT2D eigenvalue weighted by Gasteiger charge is 2.47. The second-order valence-electron chi connectivity index (χ2n) is 10.4. The van der Waals surface area contributed by atoms with Crippen LogP contribution in [0.15, 0.2) is 29.4 Å². The molecule has 1 saturated carbocycles. The molecule has 4 aromatic rings. The molecule has 0 unspecified atom stereocenters. The van der Waals surface area contributed by atoms with Crippen LogP contribution in [0.25, 0.3) is 27.1 Å². The number of ether oxygens (including phenoxy) is 1. The number of hydrogen-bond acceptors (Lipinski definition) is 10. The molecule has 202 valence electrons. The summed E-state index contributed by atoms with van der Waals surface area (Å²) < 4.78 is 62.8. The van der Waals surface area contributed by atoms with E-state index in [9.17, 15) is 22.5 Å². The number of sulfonamides is 1. The molecular weight excluding hydrogens is 550 g/mol. The van der Waals surface area contributed by atoms with Gasteiger partial charge in [-0.15, -0.1) is 10.2 Å². The summed E-state index contributed by atoms with van der Waals surface area (Å²) in [6.07, 6.45) is 1.41. The Labute approximate surface area is 225 Å². The van der Waals surface area contributed by atoms with Crippen LogP contribution in [0.2, 0.25) is 0 Å². The van der Waals surface area contributed by atoms with Gasteiger partial charge in [-0.05, 0) is 37.8 Å². The van der Waals surface area contributed by atoms with E-state index in [4.69, 9.17) is 4.74 Å². The fourth-order valence-electron chi connectivity index (χ4n) is 5.36. The van der Waals surface area contributed by atoms with Crippen molar-refractivity contribution in [2.24, 2.45) is 5.41 Å². The van der Waals surface area contributed by atoms with E-state index in [-0.39, 0.29) is 15.4 Å². The van der Waals surface area contributed by atoms with E-state index in [1.807, 2.05) is 6.07 Å². The minimum atomic E-state index is -4.04. The lowest BCUT2D eigenvalue weighted by Crippen LogP contribution is -2.51. The maximum atomic E-state index is 13.4. The van der Waals surface area contributed by atoms with Crippen molar-refractivity contribution in [2.75, 3.05) is 31.2 Å². The van der Waals surface area contributed by atoms with E-state index in [0.29, 0.717) is 51.9 Å². The van der Waals surface area contributed by atoms with Crippen LogP contribution in [0.3, 0.4) is 0 Å². The number of aromatic nitrogens is 5. The van der Waals surface area contributed by atoms with Crippen LogP contribution in [0.1, 0.15) is 37.1 Å². The zero-order chi connectivity index (χ0) is 27.0. The number of nitrogens with zero attached hydrogens (tertiary/aromatic N) is 7. The van der Waals surface area contributed by atoms with Crippen molar-refractivity contribution in [1.29, 1.82) is 5.26 Å². The van der Waals surface area contributed by atoms with Gasteiger partial charge in [0.15, 0.2) is 10.7 Å². The Balaban J connectivity index is 1.40. The van der Waals surface area contributed by atoms with Gasteiger partial charge < -0.3 is 9.64 Å². The third kappa shape index (κ3) is 3.96. The Hall–Kier alpha value is -3.32. The Morgan fingerprint density at radius 1 is 1.13 bits per heavy atom. The number of rotatable bonds is 6. The molecule has 15 heteroatoms. The van der Waals surface area contributed by atoms with E-state index < -0.39 is 27.0 Å². The number of piperidine rings is 1. The summed E-state index contributed by atoms with van der Waals surface area (Å²) in [5.74, 6) is 0.688. The van der Waals surface area contributed by atoms with Gasteiger partial charge >= 0.3 is 0 Å². The van der Waals surface area contributed by atoms with E-state index in [1.165, 1.54) is 18.5 Å². The van der Waals surface area contributed by atoms with Crippen molar-refractivity contribution in [2.45, 2.75) is 42.5 Å². The lowest BCUT2D eigenvalue weighted by molar-refractivity contribution is -0.124. The van der Waals surface area contributed by atoms with Crippen molar-refractivity contribution in [3.8, 4) is 11.2 Å². The Morgan fingerprint density at radius 2 is 1.90 bits per heavy atom. The predicted molar refractivity (Wildman–Crippen MR) is 137 cm³/mol. The topological polar surface area (TPSA) is 139 Å². The summed E-state index contributed by atoms with van der Waals surface area (Å²) >= 11 is 0.712. The van der Waals surface area contributed by atoms with Gasteiger partial charge in [-0.1, -0.05) is 17.4 Å². The molecule has 0 bridgehead atoms. The van der Waals surface area contributed by atoms with Gasteiger partial charge in [-0.3, -0.25) is 4.57 Å². The van der Waals surface area contributed by atoms with E-state index in [2.05, 4.69) is 29.8 Å². The van der Waals surface area contributed by atoms with Crippen molar-refractivity contribution in [1.82, 2.24) is 29.5 Å². The van der Waals surface area contributed by atoms with Gasteiger partial charge in [0.2, 0.25) is 15.2 Å². The van der Waals surface area contributed by atoms with Crippen molar-refractivity contribution < 1.29 is 21.9 Å². The lowest BCUT2D eigenvalue weighted by atomic mass is 9.77. The lowest BCUT2D eigenvalue weighted by Gasteiger charge is -2.47. The Bertz CT molecular complexity index is 1760. The molecule has 7 rings (SSSR count). The maximum Gasteiger partial charge on any atom is 0.291 e. The molecule has 0 amide bonds. The Kier molecular flexibility index (Phi) is 5.44. The number of anilines is 1. The van der Waals surface area contributed by atoms with Crippen LogP contribution >= 0.6 is 11.3 Å². The first-order chi connectivity index (χ1) is 18.7. The summed E-state index contributed by atoms with van der Waals surface area (Å²) in [7, 11) is -4.04. The summed E-state index contributed by atoms with van der Waals surface area (Å²) in [6, 6.07) is 6.63. The number of nitrogens with one attached hydrogen (secondary N) is 1. The molecule has 3 aliphatic rings. The summed E-state index contributed by atoms with van der Waals surface area (Å²) in [5, 5.41) is 18.0. The highest BCUT2D eigenvalue weighted by Crippen LogP contribution is 2.43. The fraction of sp³-hybridized carbons (Fsp3) is 0.458. The summed E-state index contributed by atoms with van der Waals surface area (Å²) in [4.78, 5) is 11.2. The largest absolute Gasteiger partial charge is 0.380 e. The molecular formula is C24H22F2N8O3S2. The number of benzene rings is 1. The van der Waals surface area contributed by atoms with Crippen LogP contribution in [0.4, 0.5) is 14.6 Å².